The van der Waals surface area contributed by atoms with Crippen LogP contribution in [-0.4, -0.2) is 6.36 Å². The zero-order valence-electron chi connectivity index (χ0n) is 19.4. The lowest BCUT2D eigenvalue weighted by molar-refractivity contribution is -0.274. The molecule has 3 aromatic carbocycles. The van der Waals surface area contributed by atoms with Crippen LogP contribution in [0.2, 0.25) is 0 Å². The van der Waals surface area contributed by atoms with Crippen LogP contribution in [0.5, 0.6) is 17.2 Å². The van der Waals surface area contributed by atoms with E-state index in [4.69, 9.17) is 4.74 Å². The summed E-state index contributed by atoms with van der Waals surface area (Å²) >= 11 is 0. The van der Waals surface area contributed by atoms with Gasteiger partial charge in [0.25, 0.3) is 0 Å². The predicted molar refractivity (Wildman–Crippen MR) is 125 cm³/mol. The Morgan fingerprint density at radius 3 is 2.09 bits per heavy atom. The van der Waals surface area contributed by atoms with Crippen molar-refractivity contribution in [2.75, 3.05) is 0 Å². The highest BCUT2D eigenvalue weighted by Gasteiger charge is 2.32. The van der Waals surface area contributed by atoms with Crippen molar-refractivity contribution in [1.29, 1.82) is 0 Å². The first-order valence-electron chi connectivity index (χ1n) is 11.9. The summed E-state index contributed by atoms with van der Waals surface area (Å²) in [4.78, 5) is 0. The van der Waals surface area contributed by atoms with Crippen LogP contribution in [0.4, 0.5) is 22.0 Å². The molecule has 0 aromatic heterocycles. The van der Waals surface area contributed by atoms with Gasteiger partial charge in [-0.1, -0.05) is 50.1 Å². The molecule has 7 heteroatoms. The zero-order chi connectivity index (χ0) is 25.0. The van der Waals surface area contributed by atoms with Gasteiger partial charge < -0.3 is 9.47 Å². The Balaban J connectivity index is 1.69. The predicted octanol–water partition coefficient (Wildman–Crippen LogP) is 9.40. The molecule has 0 atom stereocenters. The molecular weight excluding hydrogens is 463 g/mol. The Bertz CT molecular complexity index is 1120. The minimum absolute atomic E-state index is 0.0201. The van der Waals surface area contributed by atoms with Crippen LogP contribution in [-0.2, 0) is 0 Å². The summed E-state index contributed by atoms with van der Waals surface area (Å²) in [6.07, 6.45) is 0.639. The van der Waals surface area contributed by atoms with E-state index in [1.807, 2.05) is 0 Å². The first-order valence-corrected chi connectivity index (χ1v) is 11.9. The number of alkyl halides is 3. The maximum absolute atomic E-state index is 16.0. The van der Waals surface area contributed by atoms with Crippen molar-refractivity contribution in [3.8, 4) is 28.4 Å². The van der Waals surface area contributed by atoms with Crippen LogP contribution in [0, 0.1) is 17.6 Å². The van der Waals surface area contributed by atoms with Gasteiger partial charge in [-0.2, -0.15) is 0 Å². The molecule has 3 aromatic rings. The molecule has 186 valence electrons. The Hall–Kier alpha value is -3.09. The molecule has 35 heavy (non-hydrogen) atoms. The summed E-state index contributed by atoms with van der Waals surface area (Å²) in [6, 6.07) is 14.7. The van der Waals surface area contributed by atoms with Gasteiger partial charge in [-0.05, 0) is 73.4 Å². The lowest BCUT2D eigenvalue weighted by Gasteiger charge is -2.29. The second-order valence-electron chi connectivity index (χ2n) is 8.96. The van der Waals surface area contributed by atoms with Gasteiger partial charge in [-0.25, -0.2) is 8.78 Å². The zero-order valence-corrected chi connectivity index (χ0v) is 19.4. The second kappa shape index (κ2) is 10.7. The lowest BCUT2D eigenvalue weighted by Crippen LogP contribution is -2.17. The van der Waals surface area contributed by atoms with Crippen LogP contribution in [0.1, 0.15) is 56.9 Å². The largest absolute Gasteiger partial charge is 0.573 e. The summed E-state index contributed by atoms with van der Waals surface area (Å²) in [6.45, 7) is 2.14. The Kier molecular flexibility index (Phi) is 7.63. The smallest absolute Gasteiger partial charge is 0.454 e. The van der Waals surface area contributed by atoms with E-state index in [2.05, 4.69) is 11.7 Å². The average Bonchev–Trinajstić information content (AvgIpc) is 2.83. The molecule has 1 saturated carbocycles. The topological polar surface area (TPSA) is 18.5 Å². The number of hydrogen-bond donors (Lipinski definition) is 0. The van der Waals surface area contributed by atoms with Gasteiger partial charge in [0, 0.05) is 11.1 Å². The van der Waals surface area contributed by atoms with Crippen molar-refractivity contribution in [2.45, 2.75) is 57.7 Å². The molecule has 1 fully saturated rings. The standard InChI is InChI=1S/C28H27F5O2/c1-2-6-18-9-11-20(12-10-18)25-24(29)17-23(19-7-4-3-5-8-19)27(26(25)30)34-21-13-15-22(16-14-21)35-28(31,32)33/h3-5,7-8,13-18,20H,2,6,9-12H2,1H3. The molecule has 0 aliphatic heterocycles. The van der Waals surface area contributed by atoms with Crippen LogP contribution in [0.3, 0.4) is 0 Å². The first-order chi connectivity index (χ1) is 16.7. The van der Waals surface area contributed by atoms with E-state index in [-0.39, 0.29) is 28.5 Å². The fourth-order valence-electron chi connectivity index (χ4n) is 4.90. The molecule has 2 nitrogen and oxygen atoms in total. The van der Waals surface area contributed by atoms with E-state index in [9.17, 15) is 13.2 Å². The quantitative estimate of drug-likeness (QED) is 0.307. The Labute approximate surface area is 201 Å². The van der Waals surface area contributed by atoms with E-state index in [0.29, 0.717) is 24.3 Å². The van der Waals surface area contributed by atoms with Crippen molar-refractivity contribution in [3.05, 3.63) is 77.9 Å². The average molecular weight is 491 g/mol. The van der Waals surface area contributed by atoms with Crippen molar-refractivity contribution in [1.82, 2.24) is 0 Å². The van der Waals surface area contributed by atoms with Gasteiger partial charge in [0.05, 0.1) is 0 Å². The first kappa shape index (κ1) is 25.0. The van der Waals surface area contributed by atoms with Gasteiger partial charge in [0.15, 0.2) is 11.6 Å². The molecule has 4 rings (SSSR count). The number of rotatable bonds is 7. The van der Waals surface area contributed by atoms with Gasteiger partial charge in [0.1, 0.15) is 17.3 Å². The highest BCUT2D eigenvalue weighted by atomic mass is 19.4. The van der Waals surface area contributed by atoms with E-state index < -0.39 is 23.7 Å². The monoisotopic (exact) mass is 490 g/mol. The van der Waals surface area contributed by atoms with Crippen molar-refractivity contribution in [3.63, 3.8) is 0 Å². The molecule has 1 aliphatic rings. The molecule has 0 radical (unpaired) electrons. The molecule has 0 N–H and O–H groups in total. The summed E-state index contributed by atoms with van der Waals surface area (Å²) in [5, 5.41) is 0. The molecule has 0 heterocycles. The Morgan fingerprint density at radius 2 is 1.49 bits per heavy atom. The summed E-state index contributed by atoms with van der Waals surface area (Å²) in [5.41, 5.74) is 0.821. The van der Waals surface area contributed by atoms with Crippen LogP contribution >= 0.6 is 0 Å². The molecular formula is C28H27F5O2. The second-order valence-corrected chi connectivity index (χ2v) is 8.96. The highest BCUT2D eigenvalue weighted by Crippen LogP contribution is 2.45. The maximum atomic E-state index is 16.0. The van der Waals surface area contributed by atoms with E-state index in [1.54, 1.807) is 30.3 Å². The van der Waals surface area contributed by atoms with Crippen molar-refractivity contribution >= 4 is 0 Å². The molecule has 0 amide bonds. The number of ether oxygens (including phenoxy) is 2. The third kappa shape index (κ3) is 6.13. The van der Waals surface area contributed by atoms with E-state index >= 15 is 8.78 Å². The van der Waals surface area contributed by atoms with E-state index in [0.717, 1.165) is 37.8 Å². The molecule has 0 unspecified atom stereocenters. The highest BCUT2D eigenvalue weighted by molar-refractivity contribution is 5.72. The van der Waals surface area contributed by atoms with Gasteiger partial charge in [0.2, 0.25) is 0 Å². The fraction of sp³-hybridized carbons (Fsp3) is 0.357. The number of benzene rings is 3. The Morgan fingerprint density at radius 1 is 0.857 bits per heavy atom. The molecule has 0 saturated heterocycles. The van der Waals surface area contributed by atoms with Gasteiger partial charge >= 0.3 is 6.36 Å². The van der Waals surface area contributed by atoms with Crippen LogP contribution in [0.25, 0.3) is 11.1 Å². The van der Waals surface area contributed by atoms with Crippen molar-refractivity contribution in [2.24, 2.45) is 5.92 Å². The third-order valence-electron chi connectivity index (χ3n) is 6.52. The van der Waals surface area contributed by atoms with E-state index in [1.165, 1.54) is 18.2 Å². The molecule has 0 spiro atoms. The normalized spacial score (nSPS) is 18.3. The molecule has 1 aliphatic carbocycles. The SMILES string of the molecule is CCCC1CCC(c2c(F)cc(-c3ccccc3)c(Oc3ccc(OC(F)(F)F)cc3)c2F)CC1. The fourth-order valence-corrected chi connectivity index (χ4v) is 4.90. The summed E-state index contributed by atoms with van der Waals surface area (Å²) in [5.74, 6) is -1.50. The van der Waals surface area contributed by atoms with Crippen molar-refractivity contribution < 1.29 is 31.4 Å². The van der Waals surface area contributed by atoms with Crippen LogP contribution < -0.4 is 9.47 Å². The number of hydrogen-bond acceptors (Lipinski definition) is 2. The van der Waals surface area contributed by atoms with Gasteiger partial charge in [-0.15, -0.1) is 13.2 Å². The molecule has 0 bridgehead atoms. The summed E-state index contributed by atoms with van der Waals surface area (Å²) < 4.78 is 78.4. The lowest BCUT2D eigenvalue weighted by atomic mass is 9.76. The minimum atomic E-state index is -4.82. The van der Waals surface area contributed by atoms with Gasteiger partial charge in [-0.3, -0.25) is 0 Å². The minimum Gasteiger partial charge on any atom is -0.454 e. The van der Waals surface area contributed by atoms with Crippen LogP contribution in [0.15, 0.2) is 60.7 Å². The summed E-state index contributed by atoms with van der Waals surface area (Å²) in [7, 11) is 0. The third-order valence-corrected chi connectivity index (χ3v) is 6.52. The maximum Gasteiger partial charge on any atom is 0.573 e. The number of halogens is 5.